The molecule has 1 aromatic heterocycles. The zero-order valence-electron chi connectivity index (χ0n) is 14.2. The van der Waals surface area contributed by atoms with E-state index in [2.05, 4.69) is 15.3 Å². The predicted molar refractivity (Wildman–Crippen MR) is 92.6 cm³/mol. The van der Waals surface area contributed by atoms with Crippen LogP contribution in [-0.4, -0.2) is 39.9 Å². The monoisotopic (exact) mass is 346 g/mol. The molecule has 2 heterocycles. The molecule has 0 spiro atoms. The second-order valence-electron chi connectivity index (χ2n) is 6.50. The minimum absolute atomic E-state index is 0.0289. The fraction of sp³-hybridized carbons (Fsp3) is 0.444. The fourth-order valence-corrected chi connectivity index (χ4v) is 3.20. The van der Waals surface area contributed by atoms with Crippen LogP contribution in [0.4, 0.5) is 10.1 Å². The van der Waals surface area contributed by atoms with E-state index in [-0.39, 0.29) is 18.4 Å². The molecule has 0 radical (unpaired) electrons. The van der Waals surface area contributed by atoms with Crippen LogP contribution in [0, 0.1) is 5.82 Å². The van der Waals surface area contributed by atoms with Gasteiger partial charge in [0.25, 0.3) is 0 Å². The molecule has 134 valence electrons. The highest BCUT2D eigenvalue weighted by molar-refractivity contribution is 5.77. The molecule has 1 saturated heterocycles. The maximum absolute atomic E-state index is 13.2. The first kappa shape index (κ1) is 17.4. The van der Waals surface area contributed by atoms with Crippen molar-refractivity contribution in [3.05, 3.63) is 48.0 Å². The summed E-state index contributed by atoms with van der Waals surface area (Å²) in [5.41, 5.74) is 1.46. The van der Waals surface area contributed by atoms with Gasteiger partial charge in [0.05, 0.1) is 24.4 Å². The van der Waals surface area contributed by atoms with Crippen molar-refractivity contribution in [2.45, 2.75) is 31.4 Å². The van der Waals surface area contributed by atoms with E-state index in [0.717, 1.165) is 25.1 Å². The molecule has 1 aliphatic heterocycles. The lowest BCUT2D eigenvalue weighted by atomic mass is 10.0. The molecule has 3 rings (SSSR count). The number of nitrogens with one attached hydrogen (secondary N) is 1. The molecule has 1 aromatic carbocycles. The Morgan fingerprint density at radius 1 is 1.52 bits per heavy atom. The van der Waals surface area contributed by atoms with E-state index in [4.69, 9.17) is 0 Å². The number of aliphatic hydroxyl groups excluding tert-OH is 1. The van der Waals surface area contributed by atoms with Crippen molar-refractivity contribution in [3.8, 4) is 0 Å². The van der Waals surface area contributed by atoms with Gasteiger partial charge >= 0.3 is 0 Å². The third kappa shape index (κ3) is 4.57. The molecule has 2 atom stereocenters. The van der Waals surface area contributed by atoms with Gasteiger partial charge in [0.2, 0.25) is 5.91 Å². The lowest BCUT2D eigenvalue weighted by Gasteiger charge is -2.34. The van der Waals surface area contributed by atoms with E-state index in [1.807, 2.05) is 19.4 Å². The van der Waals surface area contributed by atoms with Crippen molar-refractivity contribution in [1.82, 2.24) is 15.1 Å². The molecule has 1 amide bonds. The summed E-state index contributed by atoms with van der Waals surface area (Å²) in [5, 5.41) is 17.3. The second-order valence-corrected chi connectivity index (χ2v) is 6.50. The number of rotatable bonds is 5. The van der Waals surface area contributed by atoms with E-state index >= 15 is 0 Å². The van der Waals surface area contributed by atoms with Gasteiger partial charge in [-0.1, -0.05) is 12.1 Å². The van der Waals surface area contributed by atoms with Crippen LogP contribution in [0.2, 0.25) is 0 Å². The summed E-state index contributed by atoms with van der Waals surface area (Å²) >= 11 is 0. The zero-order chi connectivity index (χ0) is 17.8. The van der Waals surface area contributed by atoms with Crippen molar-refractivity contribution >= 4 is 11.6 Å². The Morgan fingerprint density at radius 3 is 3.08 bits per heavy atom. The van der Waals surface area contributed by atoms with E-state index in [9.17, 15) is 14.3 Å². The molecule has 2 unspecified atom stereocenters. The van der Waals surface area contributed by atoms with E-state index in [1.54, 1.807) is 10.7 Å². The molecule has 6 nitrogen and oxygen atoms in total. The largest absolute Gasteiger partial charge is 0.388 e. The van der Waals surface area contributed by atoms with Gasteiger partial charge < -0.3 is 15.3 Å². The van der Waals surface area contributed by atoms with E-state index < -0.39 is 11.9 Å². The SMILES string of the molecule is Cn1cc(N2CCCC(NC(=O)CC(O)c3cccc(F)c3)C2)cn1. The van der Waals surface area contributed by atoms with E-state index in [0.29, 0.717) is 12.1 Å². The number of aromatic nitrogens is 2. The number of aryl methyl sites for hydroxylation is 1. The number of carbonyl (C=O) groups excluding carboxylic acids is 1. The summed E-state index contributed by atoms with van der Waals surface area (Å²) in [6.45, 7) is 1.65. The quantitative estimate of drug-likeness (QED) is 0.866. The molecule has 1 aliphatic rings. The van der Waals surface area contributed by atoms with Crippen LogP contribution in [0.1, 0.15) is 30.9 Å². The highest BCUT2D eigenvalue weighted by Crippen LogP contribution is 2.20. The van der Waals surface area contributed by atoms with E-state index in [1.165, 1.54) is 18.2 Å². The number of hydrogen-bond acceptors (Lipinski definition) is 4. The number of piperidine rings is 1. The summed E-state index contributed by atoms with van der Waals surface area (Å²) < 4.78 is 15.0. The first-order valence-corrected chi connectivity index (χ1v) is 8.48. The molecule has 1 fully saturated rings. The molecule has 2 N–H and O–H groups in total. The van der Waals surface area contributed by atoms with Crippen LogP contribution in [0.25, 0.3) is 0 Å². The summed E-state index contributed by atoms with van der Waals surface area (Å²) in [7, 11) is 1.88. The van der Waals surface area contributed by atoms with Crippen LogP contribution in [0.5, 0.6) is 0 Å². The van der Waals surface area contributed by atoms with Gasteiger partial charge in [-0.2, -0.15) is 5.10 Å². The molecular formula is C18H23FN4O2. The Morgan fingerprint density at radius 2 is 2.36 bits per heavy atom. The lowest BCUT2D eigenvalue weighted by molar-refractivity contribution is -0.123. The number of halogens is 1. The Hall–Kier alpha value is -2.41. The maximum atomic E-state index is 13.2. The van der Waals surface area contributed by atoms with Crippen LogP contribution in [0.15, 0.2) is 36.7 Å². The summed E-state index contributed by atoms with van der Waals surface area (Å²) in [5.74, 6) is -0.647. The van der Waals surface area contributed by atoms with Gasteiger partial charge in [-0.3, -0.25) is 9.48 Å². The van der Waals surface area contributed by atoms with Crippen molar-refractivity contribution in [3.63, 3.8) is 0 Å². The van der Waals surface area contributed by atoms with Crippen molar-refractivity contribution in [2.75, 3.05) is 18.0 Å². The van der Waals surface area contributed by atoms with Crippen molar-refractivity contribution in [2.24, 2.45) is 7.05 Å². The smallest absolute Gasteiger partial charge is 0.223 e. The summed E-state index contributed by atoms with van der Waals surface area (Å²) in [6, 6.07) is 5.74. The van der Waals surface area contributed by atoms with Gasteiger partial charge in [0, 0.05) is 32.4 Å². The zero-order valence-corrected chi connectivity index (χ0v) is 14.2. The topological polar surface area (TPSA) is 70.4 Å². The van der Waals surface area contributed by atoms with Crippen molar-refractivity contribution in [1.29, 1.82) is 0 Å². The van der Waals surface area contributed by atoms with Gasteiger partial charge in [0.1, 0.15) is 5.82 Å². The Bertz CT molecular complexity index is 733. The predicted octanol–water partition coefficient (Wildman–Crippen LogP) is 1.77. The maximum Gasteiger partial charge on any atom is 0.223 e. The number of amides is 1. The number of aliphatic hydroxyl groups is 1. The number of anilines is 1. The molecule has 0 saturated carbocycles. The Balaban J connectivity index is 1.53. The average Bonchev–Trinajstić information content (AvgIpc) is 3.01. The molecule has 25 heavy (non-hydrogen) atoms. The van der Waals surface area contributed by atoms with Crippen LogP contribution >= 0.6 is 0 Å². The van der Waals surface area contributed by atoms with Crippen molar-refractivity contribution < 1.29 is 14.3 Å². The van der Waals surface area contributed by atoms with Crippen LogP contribution < -0.4 is 10.2 Å². The normalized spacial score (nSPS) is 18.8. The minimum Gasteiger partial charge on any atom is -0.388 e. The second kappa shape index (κ2) is 7.65. The lowest BCUT2D eigenvalue weighted by Crippen LogP contribution is -2.48. The summed E-state index contributed by atoms with van der Waals surface area (Å²) in [6.07, 6.45) is 4.57. The number of nitrogens with zero attached hydrogens (tertiary/aromatic N) is 3. The number of hydrogen-bond donors (Lipinski definition) is 2. The summed E-state index contributed by atoms with van der Waals surface area (Å²) in [4.78, 5) is 14.4. The van der Waals surface area contributed by atoms with Gasteiger partial charge in [-0.05, 0) is 30.5 Å². The Labute approximate surface area is 146 Å². The van der Waals surface area contributed by atoms with Gasteiger partial charge in [-0.15, -0.1) is 0 Å². The first-order valence-electron chi connectivity index (χ1n) is 8.48. The van der Waals surface area contributed by atoms with Gasteiger partial charge in [0.15, 0.2) is 0 Å². The van der Waals surface area contributed by atoms with Gasteiger partial charge in [-0.25, -0.2) is 4.39 Å². The van der Waals surface area contributed by atoms with Crippen LogP contribution in [-0.2, 0) is 11.8 Å². The minimum atomic E-state index is -1.01. The molecule has 2 aromatic rings. The molecule has 0 bridgehead atoms. The Kier molecular flexibility index (Phi) is 5.33. The van der Waals surface area contributed by atoms with Crippen LogP contribution in [0.3, 0.4) is 0 Å². The third-order valence-corrected chi connectivity index (χ3v) is 4.46. The molecular weight excluding hydrogens is 323 g/mol. The number of benzene rings is 1. The number of carbonyl (C=O) groups is 1. The standard InChI is InChI=1S/C18H23FN4O2/c1-22-12-16(10-20-22)23-7-3-6-15(11-23)21-18(25)9-17(24)13-4-2-5-14(19)8-13/h2,4-5,8,10,12,15,17,24H,3,6-7,9,11H2,1H3,(H,21,25). The third-order valence-electron chi connectivity index (χ3n) is 4.46. The molecule has 7 heteroatoms. The average molecular weight is 346 g/mol. The first-order chi connectivity index (χ1) is 12.0. The highest BCUT2D eigenvalue weighted by atomic mass is 19.1. The highest BCUT2D eigenvalue weighted by Gasteiger charge is 2.23. The fourth-order valence-electron chi connectivity index (χ4n) is 3.20. The molecule has 0 aliphatic carbocycles.